The van der Waals surface area contributed by atoms with Gasteiger partial charge in [0.1, 0.15) is 16.5 Å². The number of carbonyl (C=O) groups excluding carboxylic acids is 2. The zero-order valence-corrected chi connectivity index (χ0v) is 19.0. The molecule has 0 saturated heterocycles. The number of ether oxygens (including phenoxy) is 1. The Morgan fingerprint density at radius 1 is 1.22 bits per heavy atom. The molecular formula is C22H15BrFN3O4S. The first-order valence-corrected chi connectivity index (χ1v) is 11.1. The van der Waals surface area contributed by atoms with Crippen LogP contribution < -0.4 is 10.9 Å². The molecule has 2 aromatic carbocycles. The summed E-state index contributed by atoms with van der Waals surface area (Å²) in [4.78, 5) is 38.6. The minimum atomic E-state index is -0.759. The number of esters is 1. The smallest absolute Gasteiger partial charge is 0.359 e. The number of rotatable bonds is 5. The van der Waals surface area contributed by atoms with E-state index in [1.165, 1.54) is 23.6 Å². The predicted octanol–water partition coefficient (Wildman–Crippen LogP) is 4.78. The van der Waals surface area contributed by atoms with Gasteiger partial charge in [-0.1, -0.05) is 34.1 Å². The molecule has 0 bridgehead atoms. The number of benzene rings is 2. The van der Waals surface area contributed by atoms with Crippen LogP contribution in [0.4, 0.5) is 9.39 Å². The van der Waals surface area contributed by atoms with E-state index in [-0.39, 0.29) is 33.8 Å². The molecule has 1 N–H and O–H groups in total. The SMILES string of the molecule is CCOC(=O)c1nn(-c2ccccc2F)c(=O)c2c(NC(=O)c3cccc(Br)c3)scc12. The fraction of sp³-hybridized carbons (Fsp3) is 0.0909. The van der Waals surface area contributed by atoms with Crippen LogP contribution in [0.1, 0.15) is 27.8 Å². The molecule has 7 nitrogen and oxygen atoms in total. The normalized spacial score (nSPS) is 10.8. The van der Waals surface area contributed by atoms with Gasteiger partial charge in [-0.3, -0.25) is 9.59 Å². The van der Waals surface area contributed by atoms with Crippen LogP contribution in [0.2, 0.25) is 0 Å². The highest BCUT2D eigenvalue weighted by Gasteiger charge is 2.24. The molecule has 10 heteroatoms. The van der Waals surface area contributed by atoms with Crippen LogP contribution in [0, 0.1) is 5.82 Å². The highest BCUT2D eigenvalue weighted by atomic mass is 79.9. The second-order valence-electron chi connectivity index (χ2n) is 6.56. The molecule has 0 saturated carbocycles. The van der Waals surface area contributed by atoms with Gasteiger partial charge < -0.3 is 10.1 Å². The van der Waals surface area contributed by atoms with E-state index in [9.17, 15) is 18.8 Å². The molecule has 0 aliphatic rings. The first kappa shape index (κ1) is 21.8. The molecule has 32 heavy (non-hydrogen) atoms. The third-order valence-corrected chi connectivity index (χ3v) is 5.90. The van der Waals surface area contributed by atoms with Crippen molar-refractivity contribution in [1.82, 2.24) is 9.78 Å². The van der Waals surface area contributed by atoms with Crippen LogP contribution in [0.15, 0.2) is 63.2 Å². The highest BCUT2D eigenvalue weighted by molar-refractivity contribution is 9.10. The lowest BCUT2D eigenvalue weighted by Gasteiger charge is -2.10. The molecule has 4 aromatic rings. The molecule has 0 atom stereocenters. The van der Waals surface area contributed by atoms with Crippen molar-refractivity contribution in [2.45, 2.75) is 6.92 Å². The summed E-state index contributed by atoms with van der Waals surface area (Å²) in [5, 5.41) is 8.82. The van der Waals surface area contributed by atoms with Gasteiger partial charge in [-0.25, -0.2) is 9.18 Å². The van der Waals surface area contributed by atoms with Crippen molar-refractivity contribution in [2.75, 3.05) is 11.9 Å². The first-order valence-electron chi connectivity index (χ1n) is 9.44. The summed E-state index contributed by atoms with van der Waals surface area (Å²) in [7, 11) is 0. The van der Waals surface area contributed by atoms with Gasteiger partial charge in [0.15, 0.2) is 5.69 Å². The van der Waals surface area contributed by atoms with Crippen LogP contribution in [0.3, 0.4) is 0 Å². The number of thiophene rings is 1. The molecule has 4 rings (SSSR count). The quantitative estimate of drug-likeness (QED) is 0.386. The van der Waals surface area contributed by atoms with Gasteiger partial charge >= 0.3 is 5.97 Å². The van der Waals surface area contributed by atoms with Gasteiger partial charge in [-0.2, -0.15) is 9.78 Å². The van der Waals surface area contributed by atoms with Crippen molar-refractivity contribution < 1.29 is 18.7 Å². The largest absolute Gasteiger partial charge is 0.461 e. The van der Waals surface area contributed by atoms with Gasteiger partial charge in [0.2, 0.25) is 0 Å². The van der Waals surface area contributed by atoms with Gasteiger partial charge in [0.25, 0.3) is 11.5 Å². The van der Waals surface area contributed by atoms with E-state index in [0.717, 1.165) is 20.5 Å². The Kier molecular flexibility index (Phi) is 6.15. The molecule has 0 unspecified atom stereocenters. The zero-order valence-electron chi connectivity index (χ0n) is 16.6. The number of halogens is 2. The Bertz CT molecular complexity index is 1420. The summed E-state index contributed by atoms with van der Waals surface area (Å²) in [6.45, 7) is 1.73. The number of nitrogens with one attached hydrogen (secondary N) is 1. The van der Waals surface area contributed by atoms with Crippen LogP contribution in [-0.4, -0.2) is 28.3 Å². The van der Waals surface area contributed by atoms with E-state index >= 15 is 0 Å². The molecule has 1 amide bonds. The van der Waals surface area contributed by atoms with E-state index in [0.29, 0.717) is 5.56 Å². The van der Waals surface area contributed by atoms with E-state index < -0.39 is 23.3 Å². The Morgan fingerprint density at radius 3 is 2.72 bits per heavy atom. The predicted molar refractivity (Wildman–Crippen MR) is 123 cm³/mol. The number of nitrogens with zero attached hydrogens (tertiary/aromatic N) is 2. The molecular weight excluding hydrogens is 501 g/mol. The summed E-state index contributed by atoms with van der Waals surface area (Å²) in [6.07, 6.45) is 0. The topological polar surface area (TPSA) is 90.3 Å². The monoisotopic (exact) mass is 515 g/mol. The van der Waals surface area contributed by atoms with Crippen molar-refractivity contribution >= 4 is 54.9 Å². The van der Waals surface area contributed by atoms with Crippen molar-refractivity contribution in [3.8, 4) is 5.69 Å². The van der Waals surface area contributed by atoms with Crippen molar-refractivity contribution in [1.29, 1.82) is 0 Å². The number of carbonyl (C=O) groups is 2. The minimum absolute atomic E-state index is 0.0413. The summed E-state index contributed by atoms with van der Waals surface area (Å²) < 4.78 is 21.0. The zero-order chi connectivity index (χ0) is 22.8. The lowest BCUT2D eigenvalue weighted by molar-refractivity contribution is 0.0519. The van der Waals surface area contributed by atoms with Gasteiger partial charge in [0.05, 0.1) is 12.0 Å². The van der Waals surface area contributed by atoms with Crippen LogP contribution in [-0.2, 0) is 4.74 Å². The molecule has 0 radical (unpaired) electrons. The van der Waals surface area contributed by atoms with Gasteiger partial charge in [-0.05, 0) is 37.3 Å². The number of amides is 1. The first-order chi connectivity index (χ1) is 15.4. The van der Waals surface area contributed by atoms with Crippen LogP contribution in [0.25, 0.3) is 16.5 Å². The molecule has 0 aliphatic carbocycles. The third-order valence-electron chi connectivity index (χ3n) is 4.52. The van der Waals surface area contributed by atoms with E-state index in [2.05, 4.69) is 26.3 Å². The minimum Gasteiger partial charge on any atom is -0.461 e. The van der Waals surface area contributed by atoms with Gasteiger partial charge in [-0.15, -0.1) is 11.3 Å². The number of hydrogen-bond donors (Lipinski definition) is 1. The van der Waals surface area contributed by atoms with Crippen LogP contribution >= 0.6 is 27.3 Å². The Balaban J connectivity index is 1.91. The van der Waals surface area contributed by atoms with E-state index in [1.54, 1.807) is 37.3 Å². The van der Waals surface area contributed by atoms with Gasteiger partial charge in [0, 0.05) is 20.8 Å². The molecule has 0 fully saturated rings. The summed E-state index contributed by atoms with van der Waals surface area (Å²) >= 11 is 4.38. The van der Waals surface area contributed by atoms with Crippen molar-refractivity contribution in [3.63, 3.8) is 0 Å². The Morgan fingerprint density at radius 2 is 2.00 bits per heavy atom. The number of aromatic nitrogens is 2. The maximum absolute atomic E-state index is 14.4. The molecule has 0 aliphatic heterocycles. The Labute approximate surface area is 193 Å². The third kappa shape index (κ3) is 4.06. The summed E-state index contributed by atoms with van der Waals surface area (Å²) in [6, 6.07) is 12.3. The standard InChI is InChI=1S/C22H15BrFN3O4S/c1-2-31-22(30)18-14-11-32-20(25-19(28)12-6-5-7-13(23)10-12)17(14)21(29)27(26-18)16-9-4-3-8-15(16)24/h3-11H,2H2,1H3,(H,25,28). The average molecular weight is 516 g/mol. The lowest BCUT2D eigenvalue weighted by atomic mass is 10.2. The molecule has 162 valence electrons. The van der Waals surface area contributed by atoms with E-state index in [4.69, 9.17) is 4.74 Å². The second kappa shape index (κ2) is 9.01. The molecule has 2 heterocycles. The lowest BCUT2D eigenvalue weighted by Crippen LogP contribution is -2.26. The summed E-state index contributed by atoms with van der Waals surface area (Å²) in [5.41, 5.74) is -0.580. The maximum Gasteiger partial charge on any atom is 0.359 e. The van der Waals surface area contributed by atoms with Crippen molar-refractivity contribution in [3.05, 3.63) is 85.8 Å². The summed E-state index contributed by atoms with van der Waals surface area (Å²) in [5.74, 6) is -1.89. The second-order valence-corrected chi connectivity index (χ2v) is 8.35. The molecule has 0 spiro atoms. The number of hydrogen-bond acceptors (Lipinski definition) is 6. The number of anilines is 1. The van der Waals surface area contributed by atoms with Crippen LogP contribution in [0.5, 0.6) is 0 Å². The van der Waals surface area contributed by atoms with E-state index in [1.807, 2.05) is 0 Å². The fourth-order valence-corrected chi connectivity index (χ4v) is 4.41. The molecule has 2 aromatic heterocycles. The average Bonchev–Trinajstić information content (AvgIpc) is 3.19. The fourth-order valence-electron chi connectivity index (χ4n) is 3.08. The highest BCUT2D eigenvalue weighted by Crippen LogP contribution is 2.31. The number of para-hydroxylation sites is 1. The Hall–Kier alpha value is -3.37. The number of fused-ring (bicyclic) bond motifs is 1. The maximum atomic E-state index is 14.4. The van der Waals surface area contributed by atoms with Crippen molar-refractivity contribution in [2.24, 2.45) is 0 Å².